The number of nitrogens with one attached hydrogen (secondary N) is 1. The topological polar surface area (TPSA) is 69.0 Å². The van der Waals surface area contributed by atoms with Crippen molar-refractivity contribution < 1.29 is 9.53 Å². The van der Waals surface area contributed by atoms with Crippen LogP contribution in [0.1, 0.15) is 23.0 Å². The molecule has 2 aromatic heterocycles. The van der Waals surface area contributed by atoms with E-state index >= 15 is 0 Å². The molecule has 0 radical (unpaired) electrons. The lowest BCUT2D eigenvalue weighted by molar-refractivity contribution is 0.102. The number of thiazole rings is 1. The number of rotatable bonds is 6. The molecule has 0 spiro atoms. The summed E-state index contributed by atoms with van der Waals surface area (Å²) in [7, 11) is 0. The lowest BCUT2D eigenvalue weighted by Crippen LogP contribution is -2.15. The number of halogens is 2. The molecule has 4 rings (SSSR count). The van der Waals surface area contributed by atoms with Crippen molar-refractivity contribution in [3.8, 4) is 22.1 Å². The van der Waals surface area contributed by atoms with Gasteiger partial charge in [0, 0.05) is 21.5 Å². The molecule has 2 heterocycles. The standard InChI is InChI=1S/C22H18BrClN4O2S/c1-3-30-16-7-4-14(5-8-16)19-12-31-22(25-19)28-20(10-13(2)27-28)26-21(29)17-11-15(23)6-9-18(17)24/h4-12H,3H2,1-2H3,(H,26,29). The second-order valence-corrected chi connectivity index (χ2v) is 8.79. The van der Waals surface area contributed by atoms with Crippen molar-refractivity contribution >= 4 is 50.6 Å². The minimum absolute atomic E-state index is 0.323. The number of hydrogen-bond acceptors (Lipinski definition) is 5. The van der Waals surface area contributed by atoms with Gasteiger partial charge in [-0.2, -0.15) is 9.78 Å². The highest BCUT2D eigenvalue weighted by Crippen LogP contribution is 2.28. The Kier molecular flexibility index (Phi) is 6.41. The molecule has 9 heteroatoms. The highest BCUT2D eigenvalue weighted by Gasteiger charge is 2.17. The Labute approximate surface area is 197 Å². The fourth-order valence-corrected chi connectivity index (χ4v) is 4.33. The summed E-state index contributed by atoms with van der Waals surface area (Å²) in [5.74, 6) is 1.02. The predicted molar refractivity (Wildman–Crippen MR) is 128 cm³/mol. The highest BCUT2D eigenvalue weighted by atomic mass is 79.9. The van der Waals surface area contributed by atoms with Crippen LogP contribution >= 0.6 is 38.9 Å². The van der Waals surface area contributed by atoms with Crippen LogP contribution in [0.3, 0.4) is 0 Å². The van der Waals surface area contributed by atoms with Gasteiger partial charge in [0.2, 0.25) is 5.13 Å². The van der Waals surface area contributed by atoms with Gasteiger partial charge in [0.05, 0.1) is 28.6 Å². The molecule has 158 valence electrons. The predicted octanol–water partition coefficient (Wildman–Crippen LogP) is 6.37. The fourth-order valence-electron chi connectivity index (χ4n) is 2.97. The maximum atomic E-state index is 12.8. The van der Waals surface area contributed by atoms with Crippen LogP contribution < -0.4 is 10.1 Å². The molecule has 0 atom stereocenters. The molecular weight excluding hydrogens is 500 g/mol. The third kappa shape index (κ3) is 4.81. The van der Waals surface area contributed by atoms with Gasteiger partial charge in [-0.15, -0.1) is 11.3 Å². The average Bonchev–Trinajstić information content (AvgIpc) is 3.37. The minimum atomic E-state index is -0.323. The molecule has 1 amide bonds. The number of ether oxygens (including phenoxy) is 1. The second kappa shape index (κ2) is 9.21. The van der Waals surface area contributed by atoms with Gasteiger partial charge in [-0.25, -0.2) is 4.98 Å². The molecule has 4 aromatic rings. The summed E-state index contributed by atoms with van der Waals surface area (Å²) in [6.07, 6.45) is 0. The van der Waals surface area contributed by atoms with E-state index in [4.69, 9.17) is 21.3 Å². The largest absolute Gasteiger partial charge is 0.494 e. The van der Waals surface area contributed by atoms with Gasteiger partial charge in [0.25, 0.3) is 5.91 Å². The van der Waals surface area contributed by atoms with E-state index in [1.807, 2.05) is 43.5 Å². The summed E-state index contributed by atoms with van der Waals surface area (Å²) >= 11 is 11.0. The van der Waals surface area contributed by atoms with Crippen molar-refractivity contribution in [3.63, 3.8) is 0 Å². The quantitative estimate of drug-likeness (QED) is 0.323. The van der Waals surface area contributed by atoms with Gasteiger partial charge in [0.1, 0.15) is 11.6 Å². The molecule has 6 nitrogen and oxygen atoms in total. The summed E-state index contributed by atoms with van der Waals surface area (Å²) in [5, 5.41) is 10.4. The molecule has 2 aromatic carbocycles. The molecule has 1 N–H and O–H groups in total. The van der Waals surface area contributed by atoms with E-state index < -0.39 is 0 Å². The first-order chi connectivity index (χ1) is 14.9. The first-order valence-corrected chi connectivity index (χ1v) is 11.5. The van der Waals surface area contributed by atoms with Crippen LogP contribution in [0, 0.1) is 6.92 Å². The summed E-state index contributed by atoms with van der Waals surface area (Å²) in [4.78, 5) is 17.5. The van der Waals surface area contributed by atoms with Crippen LogP contribution in [0.2, 0.25) is 5.02 Å². The van der Waals surface area contributed by atoms with Gasteiger partial charge in [-0.05, 0) is 56.3 Å². The summed E-state index contributed by atoms with van der Waals surface area (Å²) < 4.78 is 7.89. The number of amides is 1. The van der Waals surface area contributed by atoms with Crippen LogP contribution in [0.4, 0.5) is 5.82 Å². The van der Waals surface area contributed by atoms with E-state index in [9.17, 15) is 4.79 Å². The molecule has 0 saturated heterocycles. The first kappa shape index (κ1) is 21.5. The van der Waals surface area contributed by atoms with Gasteiger partial charge in [-0.3, -0.25) is 4.79 Å². The van der Waals surface area contributed by atoms with Gasteiger partial charge in [0.15, 0.2) is 0 Å². The Bertz CT molecular complexity index is 1240. The summed E-state index contributed by atoms with van der Waals surface area (Å²) in [6.45, 7) is 4.44. The first-order valence-electron chi connectivity index (χ1n) is 9.47. The normalized spacial score (nSPS) is 10.8. The number of carbonyl (C=O) groups excluding carboxylic acids is 1. The van der Waals surface area contributed by atoms with Crippen molar-refractivity contribution in [3.05, 3.63) is 74.7 Å². The van der Waals surface area contributed by atoms with Crippen molar-refractivity contribution in [1.82, 2.24) is 14.8 Å². The molecule has 0 unspecified atom stereocenters. The minimum Gasteiger partial charge on any atom is -0.494 e. The number of carbonyl (C=O) groups is 1. The zero-order valence-electron chi connectivity index (χ0n) is 16.7. The zero-order valence-corrected chi connectivity index (χ0v) is 19.9. The van der Waals surface area contributed by atoms with Crippen molar-refractivity contribution in [2.75, 3.05) is 11.9 Å². The van der Waals surface area contributed by atoms with Crippen LogP contribution in [0.15, 0.2) is 58.4 Å². The number of hydrogen-bond donors (Lipinski definition) is 1. The van der Waals surface area contributed by atoms with Crippen molar-refractivity contribution in [1.29, 1.82) is 0 Å². The molecule has 0 aliphatic heterocycles. The van der Waals surface area contributed by atoms with Gasteiger partial charge in [-0.1, -0.05) is 27.5 Å². The summed E-state index contributed by atoms with van der Waals surface area (Å²) in [6, 6.07) is 14.7. The number of nitrogens with zero attached hydrogens (tertiary/aromatic N) is 3. The molecule has 0 saturated carbocycles. The van der Waals surface area contributed by atoms with Gasteiger partial charge < -0.3 is 10.1 Å². The van der Waals surface area contributed by atoms with Crippen LogP contribution in [0.25, 0.3) is 16.4 Å². The Morgan fingerprint density at radius 3 is 2.74 bits per heavy atom. The monoisotopic (exact) mass is 516 g/mol. The fraction of sp³-hybridized carbons (Fsp3) is 0.136. The smallest absolute Gasteiger partial charge is 0.258 e. The molecule has 31 heavy (non-hydrogen) atoms. The number of benzene rings is 2. The Morgan fingerprint density at radius 2 is 2.00 bits per heavy atom. The SMILES string of the molecule is CCOc1ccc(-c2csc(-n3nc(C)cc3NC(=O)c3cc(Br)ccc3Cl)n2)cc1. The molecular formula is C22H18BrClN4O2S. The third-order valence-corrected chi connectivity index (χ3v) is 6.02. The van der Waals surface area contributed by atoms with Crippen LogP contribution in [-0.4, -0.2) is 27.3 Å². The maximum Gasteiger partial charge on any atom is 0.258 e. The lowest BCUT2D eigenvalue weighted by atomic mass is 10.2. The highest BCUT2D eigenvalue weighted by molar-refractivity contribution is 9.10. The molecule has 0 bridgehead atoms. The van der Waals surface area contributed by atoms with E-state index in [1.54, 1.807) is 28.9 Å². The van der Waals surface area contributed by atoms with Crippen molar-refractivity contribution in [2.24, 2.45) is 0 Å². The second-order valence-electron chi connectivity index (χ2n) is 6.63. The van der Waals surface area contributed by atoms with Crippen LogP contribution in [-0.2, 0) is 0 Å². The lowest BCUT2D eigenvalue weighted by Gasteiger charge is -2.08. The zero-order chi connectivity index (χ0) is 22.0. The Balaban J connectivity index is 1.60. The molecule has 0 aliphatic rings. The molecule has 0 fully saturated rings. The maximum absolute atomic E-state index is 12.8. The Hall–Kier alpha value is -2.68. The summed E-state index contributed by atoms with van der Waals surface area (Å²) in [5.41, 5.74) is 2.92. The average molecular weight is 518 g/mol. The van der Waals surface area contributed by atoms with Crippen LogP contribution in [0.5, 0.6) is 5.75 Å². The number of aryl methyl sites for hydroxylation is 1. The number of aromatic nitrogens is 3. The Morgan fingerprint density at radius 1 is 1.23 bits per heavy atom. The third-order valence-electron chi connectivity index (χ3n) is 4.38. The van der Waals surface area contributed by atoms with E-state index in [1.165, 1.54) is 11.3 Å². The number of anilines is 1. The van der Waals surface area contributed by atoms with E-state index in [-0.39, 0.29) is 5.91 Å². The van der Waals surface area contributed by atoms with E-state index in [0.717, 1.165) is 27.2 Å². The molecule has 0 aliphatic carbocycles. The van der Waals surface area contributed by atoms with E-state index in [2.05, 4.69) is 26.3 Å². The van der Waals surface area contributed by atoms with Crippen molar-refractivity contribution in [2.45, 2.75) is 13.8 Å². The van der Waals surface area contributed by atoms with Gasteiger partial charge >= 0.3 is 0 Å². The van der Waals surface area contributed by atoms with E-state index in [0.29, 0.717) is 28.1 Å².